The van der Waals surface area contributed by atoms with Crippen LogP contribution in [0.4, 0.5) is 0 Å². The Morgan fingerprint density at radius 1 is 1.56 bits per heavy atom. The number of hydrogen-bond acceptors (Lipinski definition) is 1. The van der Waals surface area contributed by atoms with Crippen LogP contribution in [0.3, 0.4) is 0 Å². The van der Waals surface area contributed by atoms with E-state index in [2.05, 4.69) is 6.08 Å². The number of rotatable bonds is 0. The first-order chi connectivity index (χ1) is 4.22. The largest absolute Gasteiger partial charge is 0.388 e. The topological polar surface area (TPSA) is 20.2 Å². The van der Waals surface area contributed by atoms with Crippen molar-refractivity contribution in [1.82, 2.24) is 0 Å². The molecule has 1 N–H and O–H groups in total. The van der Waals surface area contributed by atoms with Crippen LogP contribution in [0.25, 0.3) is 0 Å². The van der Waals surface area contributed by atoms with Gasteiger partial charge in [0.25, 0.3) is 0 Å². The molecular formula is C8H12O. The van der Waals surface area contributed by atoms with Gasteiger partial charge >= 0.3 is 0 Å². The van der Waals surface area contributed by atoms with Gasteiger partial charge < -0.3 is 5.11 Å². The van der Waals surface area contributed by atoms with E-state index in [0.29, 0.717) is 0 Å². The van der Waals surface area contributed by atoms with Gasteiger partial charge in [0.15, 0.2) is 0 Å². The third kappa shape index (κ3) is 1.22. The Bertz CT molecular complexity index is 165. The van der Waals surface area contributed by atoms with E-state index in [9.17, 15) is 5.11 Å². The van der Waals surface area contributed by atoms with E-state index < -0.39 is 0 Å². The van der Waals surface area contributed by atoms with Crippen LogP contribution < -0.4 is 0 Å². The van der Waals surface area contributed by atoms with Crippen LogP contribution in [0, 0.1) is 0 Å². The predicted octanol–water partition coefficient (Wildman–Crippen LogP) is 1.64. The first kappa shape index (κ1) is 6.56. The summed E-state index contributed by atoms with van der Waals surface area (Å²) >= 11 is 0. The summed E-state index contributed by atoms with van der Waals surface area (Å²) < 4.78 is 0. The molecule has 0 fully saturated rings. The highest BCUT2D eigenvalue weighted by Gasteiger charge is 2.09. The summed E-state index contributed by atoms with van der Waals surface area (Å²) in [6, 6.07) is 0. The van der Waals surface area contributed by atoms with Gasteiger partial charge in [0.2, 0.25) is 0 Å². The second-order valence-electron chi connectivity index (χ2n) is 2.52. The fourth-order valence-electron chi connectivity index (χ4n) is 0.945. The highest BCUT2D eigenvalue weighted by molar-refractivity contribution is 5.29. The molecule has 0 saturated carbocycles. The highest BCUT2D eigenvalue weighted by atomic mass is 16.3. The van der Waals surface area contributed by atoms with Gasteiger partial charge in [0.05, 0.1) is 6.10 Å². The molecule has 0 radical (unpaired) electrons. The number of aliphatic hydroxyl groups excluding tert-OH is 1. The Morgan fingerprint density at radius 2 is 2.22 bits per heavy atom. The van der Waals surface area contributed by atoms with Crippen LogP contribution in [0.1, 0.15) is 20.3 Å². The zero-order chi connectivity index (χ0) is 6.85. The average Bonchev–Trinajstić information content (AvgIpc) is 1.83. The van der Waals surface area contributed by atoms with Crippen molar-refractivity contribution in [2.24, 2.45) is 0 Å². The van der Waals surface area contributed by atoms with Crippen molar-refractivity contribution in [3.05, 3.63) is 23.3 Å². The molecule has 1 nitrogen and oxygen atoms in total. The molecule has 0 saturated heterocycles. The lowest BCUT2D eigenvalue weighted by Crippen LogP contribution is -2.10. The molecule has 0 aromatic rings. The van der Waals surface area contributed by atoms with Crippen molar-refractivity contribution in [2.75, 3.05) is 0 Å². The summed E-state index contributed by atoms with van der Waals surface area (Å²) in [5, 5.41) is 9.24. The van der Waals surface area contributed by atoms with Crippen molar-refractivity contribution in [1.29, 1.82) is 0 Å². The van der Waals surface area contributed by atoms with E-state index in [1.807, 2.05) is 19.9 Å². The number of aliphatic hydroxyl groups is 1. The minimum Gasteiger partial charge on any atom is -0.388 e. The molecule has 1 unspecified atom stereocenters. The van der Waals surface area contributed by atoms with Gasteiger partial charge in [0, 0.05) is 0 Å². The summed E-state index contributed by atoms with van der Waals surface area (Å²) in [5.74, 6) is 0. The third-order valence-electron chi connectivity index (χ3n) is 1.85. The minimum absolute atomic E-state index is 0.227. The van der Waals surface area contributed by atoms with E-state index in [4.69, 9.17) is 0 Å². The lowest BCUT2D eigenvalue weighted by molar-refractivity contribution is 0.212. The van der Waals surface area contributed by atoms with Crippen LogP contribution >= 0.6 is 0 Å². The smallest absolute Gasteiger partial charge is 0.0787 e. The number of hydrogen-bond donors (Lipinski definition) is 1. The summed E-state index contributed by atoms with van der Waals surface area (Å²) in [5.41, 5.74) is 2.31. The first-order valence-corrected chi connectivity index (χ1v) is 3.24. The van der Waals surface area contributed by atoms with Crippen LogP contribution in [0.5, 0.6) is 0 Å². The molecule has 1 aliphatic rings. The molecule has 1 aliphatic carbocycles. The molecule has 1 heteroatoms. The molecule has 0 bridgehead atoms. The Morgan fingerprint density at radius 3 is 2.67 bits per heavy atom. The maximum Gasteiger partial charge on any atom is 0.0787 e. The van der Waals surface area contributed by atoms with Crippen LogP contribution in [0.2, 0.25) is 0 Å². The quantitative estimate of drug-likeness (QED) is 0.520. The normalized spacial score (nSPS) is 27.2. The molecule has 0 spiro atoms. The molecule has 9 heavy (non-hydrogen) atoms. The van der Waals surface area contributed by atoms with E-state index in [-0.39, 0.29) is 6.10 Å². The van der Waals surface area contributed by atoms with E-state index >= 15 is 0 Å². The molecular weight excluding hydrogens is 112 g/mol. The Labute approximate surface area is 55.7 Å². The van der Waals surface area contributed by atoms with Crippen LogP contribution in [-0.4, -0.2) is 11.2 Å². The Hall–Kier alpha value is -0.560. The molecule has 1 atom stereocenters. The fourth-order valence-corrected chi connectivity index (χ4v) is 0.945. The van der Waals surface area contributed by atoms with Crippen molar-refractivity contribution in [2.45, 2.75) is 26.4 Å². The SMILES string of the molecule is CC1=C(C)C(O)CC=C1. The van der Waals surface area contributed by atoms with E-state index in [1.54, 1.807) is 0 Å². The van der Waals surface area contributed by atoms with Gasteiger partial charge in [-0.2, -0.15) is 0 Å². The molecule has 0 aliphatic heterocycles. The second kappa shape index (κ2) is 2.36. The van der Waals surface area contributed by atoms with E-state index in [1.165, 1.54) is 5.57 Å². The van der Waals surface area contributed by atoms with Crippen molar-refractivity contribution >= 4 is 0 Å². The second-order valence-corrected chi connectivity index (χ2v) is 2.52. The van der Waals surface area contributed by atoms with Gasteiger partial charge in [-0.1, -0.05) is 12.2 Å². The molecule has 50 valence electrons. The van der Waals surface area contributed by atoms with Gasteiger partial charge in [-0.05, 0) is 31.4 Å². The minimum atomic E-state index is -0.227. The van der Waals surface area contributed by atoms with Gasteiger partial charge in [-0.15, -0.1) is 0 Å². The standard InChI is InChI=1S/C8H12O/c1-6-4-3-5-8(9)7(6)2/h3-4,8-9H,5H2,1-2H3. The monoisotopic (exact) mass is 124 g/mol. The Balaban J connectivity index is 2.83. The molecule has 1 rings (SSSR count). The lowest BCUT2D eigenvalue weighted by Gasteiger charge is -2.14. The molecule has 0 amide bonds. The summed E-state index contributed by atoms with van der Waals surface area (Å²) in [7, 11) is 0. The zero-order valence-corrected chi connectivity index (χ0v) is 5.89. The third-order valence-corrected chi connectivity index (χ3v) is 1.85. The maximum absolute atomic E-state index is 9.24. The summed E-state index contributed by atoms with van der Waals surface area (Å²) in [6.07, 6.45) is 4.62. The lowest BCUT2D eigenvalue weighted by atomic mass is 9.98. The van der Waals surface area contributed by atoms with Gasteiger partial charge in [-0.25, -0.2) is 0 Å². The summed E-state index contributed by atoms with van der Waals surface area (Å²) in [6.45, 7) is 4.00. The molecule has 0 heterocycles. The fraction of sp³-hybridized carbons (Fsp3) is 0.500. The first-order valence-electron chi connectivity index (χ1n) is 3.24. The molecule has 0 aromatic heterocycles. The maximum atomic E-state index is 9.24. The van der Waals surface area contributed by atoms with Crippen molar-refractivity contribution in [3.63, 3.8) is 0 Å². The highest BCUT2D eigenvalue weighted by Crippen LogP contribution is 2.17. The van der Waals surface area contributed by atoms with Crippen molar-refractivity contribution in [3.8, 4) is 0 Å². The average molecular weight is 124 g/mol. The Kier molecular flexibility index (Phi) is 1.72. The van der Waals surface area contributed by atoms with Crippen LogP contribution in [0.15, 0.2) is 23.3 Å². The predicted molar refractivity (Wildman–Crippen MR) is 38.1 cm³/mol. The molecule has 0 aromatic carbocycles. The van der Waals surface area contributed by atoms with Gasteiger partial charge in [-0.3, -0.25) is 0 Å². The summed E-state index contributed by atoms with van der Waals surface area (Å²) in [4.78, 5) is 0. The van der Waals surface area contributed by atoms with Crippen LogP contribution in [-0.2, 0) is 0 Å². The number of allylic oxidation sites excluding steroid dienone is 2. The van der Waals surface area contributed by atoms with E-state index in [0.717, 1.165) is 12.0 Å². The van der Waals surface area contributed by atoms with Crippen molar-refractivity contribution < 1.29 is 5.11 Å². The van der Waals surface area contributed by atoms with Gasteiger partial charge in [0.1, 0.15) is 0 Å². The zero-order valence-electron chi connectivity index (χ0n) is 5.89.